The third-order valence-corrected chi connectivity index (χ3v) is 2.30. The van der Waals surface area contributed by atoms with Crippen molar-refractivity contribution in [2.45, 2.75) is 27.2 Å². The van der Waals surface area contributed by atoms with Gasteiger partial charge >= 0.3 is 5.97 Å². The van der Waals surface area contributed by atoms with Gasteiger partial charge in [0.2, 0.25) is 5.91 Å². The van der Waals surface area contributed by atoms with Crippen molar-refractivity contribution in [1.29, 1.82) is 0 Å². The van der Waals surface area contributed by atoms with E-state index in [4.69, 9.17) is 4.74 Å². The van der Waals surface area contributed by atoms with E-state index in [0.717, 1.165) is 12.5 Å². The number of hydrogen-bond acceptors (Lipinski definition) is 3. The van der Waals surface area contributed by atoms with Gasteiger partial charge in [-0.2, -0.15) is 0 Å². The van der Waals surface area contributed by atoms with Gasteiger partial charge in [-0.25, -0.2) is 4.79 Å². The average Bonchev–Trinajstić information content (AvgIpc) is 2.23. The van der Waals surface area contributed by atoms with E-state index < -0.39 is 5.97 Å². The molecule has 0 rings (SSSR count). The molecule has 0 bridgehead atoms. The van der Waals surface area contributed by atoms with E-state index in [2.05, 4.69) is 11.9 Å². The summed E-state index contributed by atoms with van der Waals surface area (Å²) in [4.78, 5) is 22.2. The van der Waals surface area contributed by atoms with E-state index in [9.17, 15) is 9.59 Å². The van der Waals surface area contributed by atoms with E-state index >= 15 is 0 Å². The molecular formula is C11H19NO3. The first-order valence-corrected chi connectivity index (χ1v) is 5.01. The molecule has 0 atom stereocenters. The van der Waals surface area contributed by atoms with Gasteiger partial charge in [-0.3, -0.25) is 4.79 Å². The topological polar surface area (TPSA) is 55.4 Å². The summed E-state index contributed by atoms with van der Waals surface area (Å²) < 4.78 is 4.72. The second kappa shape index (κ2) is 6.22. The first-order valence-electron chi connectivity index (χ1n) is 5.01. The molecule has 0 radical (unpaired) electrons. The van der Waals surface area contributed by atoms with Gasteiger partial charge in [-0.05, 0) is 6.42 Å². The Labute approximate surface area is 90.7 Å². The molecule has 0 heterocycles. The Morgan fingerprint density at radius 1 is 1.47 bits per heavy atom. The van der Waals surface area contributed by atoms with Crippen LogP contribution in [-0.2, 0) is 14.3 Å². The number of carbonyl (C=O) groups is 2. The van der Waals surface area contributed by atoms with Crippen LogP contribution in [-0.4, -0.2) is 25.0 Å². The van der Waals surface area contributed by atoms with Crippen LogP contribution >= 0.6 is 0 Å². The van der Waals surface area contributed by atoms with Gasteiger partial charge in [-0.1, -0.05) is 27.4 Å². The van der Waals surface area contributed by atoms with Crippen molar-refractivity contribution < 1.29 is 14.3 Å². The van der Waals surface area contributed by atoms with Crippen LogP contribution in [0.15, 0.2) is 12.7 Å². The second-order valence-electron chi connectivity index (χ2n) is 3.86. The lowest BCUT2D eigenvalue weighted by Gasteiger charge is -2.21. The van der Waals surface area contributed by atoms with Gasteiger partial charge in [0.1, 0.15) is 6.61 Å². The van der Waals surface area contributed by atoms with Crippen molar-refractivity contribution in [2.24, 2.45) is 5.41 Å². The lowest BCUT2D eigenvalue weighted by Crippen LogP contribution is -2.38. The number of hydrogen-bond donors (Lipinski definition) is 1. The smallest absolute Gasteiger partial charge is 0.330 e. The van der Waals surface area contributed by atoms with Crippen LogP contribution < -0.4 is 5.32 Å². The predicted octanol–water partition coefficient (Wildman–Crippen LogP) is 1.27. The van der Waals surface area contributed by atoms with E-state index in [1.807, 2.05) is 20.8 Å². The third kappa shape index (κ3) is 5.20. The number of nitrogens with one attached hydrogen (secondary N) is 1. The molecule has 0 spiro atoms. The number of amides is 1. The molecule has 0 aliphatic rings. The lowest BCUT2D eigenvalue weighted by atomic mass is 9.89. The molecule has 0 aliphatic heterocycles. The average molecular weight is 213 g/mol. The zero-order chi connectivity index (χ0) is 11.9. The van der Waals surface area contributed by atoms with Gasteiger partial charge in [0.05, 0.1) is 6.54 Å². The molecule has 0 aromatic carbocycles. The first kappa shape index (κ1) is 13.7. The Morgan fingerprint density at radius 3 is 2.53 bits per heavy atom. The highest BCUT2D eigenvalue weighted by Crippen LogP contribution is 2.18. The first-order chi connectivity index (χ1) is 6.94. The summed E-state index contributed by atoms with van der Waals surface area (Å²) in [5.41, 5.74) is -0.373. The summed E-state index contributed by atoms with van der Waals surface area (Å²) in [6, 6.07) is 0. The molecule has 0 aliphatic carbocycles. The molecule has 0 saturated heterocycles. The third-order valence-electron chi connectivity index (χ3n) is 2.30. The minimum Gasteiger partial charge on any atom is -0.461 e. The van der Waals surface area contributed by atoms with Crippen molar-refractivity contribution in [3.8, 4) is 0 Å². The molecular weight excluding hydrogens is 194 g/mol. The summed E-state index contributed by atoms with van der Waals surface area (Å²) in [6.07, 6.45) is 1.86. The van der Waals surface area contributed by atoms with Crippen molar-refractivity contribution >= 4 is 11.9 Å². The highest BCUT2D eigenvalue weighted by Gasteiger charge is 2.24. The van der Waals surface area contributed by atoms with Crippen LogP contribution in [0.3, 0.4) is 0 Å². The Hall–Kier alpha value is -1.32. The minimum atomic E-state index is -0.473. The molecule has 4 heteroatoms. The fourth-order valence-electron chi connectivity index (χ4n) is 0.775. The normalized spacial score (nSPS) is 10.6. The maximum atomic E-state index is 11.5. The molecule has 0 fully saturated rings. The van der Waals surface area contributed by atoms with Crippen LogP contribution in [0.4, 0.5) is 0 Å². The summed E-state index contributed by atoms with van der Waals surface area (Å²) in [7, 11) is 0. The molecule has 0 aromatic rings. The summed E-state index contributed by atoms with van der Waals surface area (Å²) in [5, 5.41) is 2.70. The van der Waals surface area contributed by atoms with E-state index in [0.29, 0.717) is 6.54 Å². The zero-order valence-corrected chi connectivity index (χ0v) is 9.63. The molecule has 0 aromatic heterocycles. The fraction of sp³-hybridized carbons (Fsp3) is 0.636. The zero-order valence-electron chi connectivity index (χ0n) is 9.63. The molecule has 86 valence electrons. The highest BCUT2D eigenvalue weighted by atomic mass is 16.5. The van der Waals surface area contributed by atoms with Crippen LogP contribution in [0.1, 0.15) is 27.2 Å². The SMILES string of the molecule is C=CC(=O)OCCNC(=O)C(C)(C)CC. The van der Waals surface area contributed by atoms with Gasteiger partial charge in [-0.15, -0.1) is 0 Å². The van der Waals surface area contributed by atoms with E-state index in [1.54, 1.807) is 0 Å². The van der Waals surface area contributed by atoms with Crippen LogP contribution in [0.2, 0.25) is 0 Å². The van der Waals surface area contributed by atoms with Crippen LogP contribution in [0.5, 0.6) is 0 Å². The fourth-order valence-corrected chi connectivity index (χ4v) is 0.775. The quantitative estimate of drug-likeness (QED) is 0.410. The Bertz CT molecular complexity index is 246. The Balaban J connectivity index is 3.73. The number of rotatable bonds is 6. The van der Waals surface area contributed by atoms with Crippen molar-refractivity contribution in [1.82, 2.24) is 5.32 Å². The van der Waals surface area contributed by atoms with E-state index in [-0.39, 0.29) is 17.9 Å². The Morgan fingerprint density at radius 2 is 2.07 bits per heavy atom. The molecule has 4 nitrogen and oxygen atoms in total. The standard InChI is InChI=1S/C11H19NO3/c1-5-9(13)15-8-7-12-10(14)11(3,4)6-2/h5H,1,6-8H2,2-4H3,(H,12,14). The molecule has 1 N–H and O–H groups in total. The van der Waals surface area contributed by atoms with Gasteiger partial charge in [0, 0.05) is 11.5 Å². The van der Waals surface area contributed by atoms with Crippen molar-refractivity contribution in [2.75, 3.05) is 13.2 Å². The largest absolute Gasteiger partial charge is 0.461 e. The molecule has 1 amide bonds. The van der Waals surface area contributed by atoms with Gasteiger partial charge in [0.15, 0.2) is 0 Å². The summed E-state index contributed by atoms with van der Waals surface area (Å²) >= 11 is 0. The van der Waals surface area contributed by atoms with E-state index in [1.165, 1.54) is 0 Å². The lowest BCUT2D eigenvalue weighted by molar-refractivity contribution is -0.138. The van der Waals surface area contributed by atoms with Gasteiger partial charge < -0.3 is 10.1 Å². The maximum absolute atomic E-state index is 11.5. The second-order valence-corrected chi connectivity index (χ2v) is 3.86. The van der Waals surface area contributed by atoms with Gasteiger partial charge in [0.25, 0.3) is 0 Å². The summed E-state index contributed by atoms with van der Waals surface area (Å²) in [5.74, 6) is -0.501. The number of esters is 1. The molecule has 0 unspecified atom stereocenters. The predicted molar refractivity (Wildman–Crippen MR) is 58.2 cm³/mol. The number of carbonyl (C=O) groups excluding carboxylic acids is 2. The number of ether oxygens (including phenoxy) is 1. The maximum Gasteiger partial charge on any atom is 0.330 e. The Kier molecular flexibility index (Phi) is 5.67. The summed E-state index contributed by atoms with van der Waals surface area (Å²) in [6.45, 7) is 9.48. The monoisotopic (exact) mass is 213 g/mol. The highest BCUT2D eigenvalue weighted by molar-refractivity contribution is 5.82. The van der Waals surface area contributed by atoms with Crippen LogP contribution in [0.25, 0.3) is 0 Å². The van der Waals surface area contributed by atoms with Crippen LogP contribution in [0, 0.1) is 5.41 Å². The minimum absolute atomic E-state index is 0.0281. The van der Waals surface area contributed by atoms with Crippen molar-refractivity contribution in [3.05, 3.63) is 12.7 Å². The van der Waals surface area contributed by atoms with Crippen molar-refractivity contribution in [3.63, 3.8) is 0 Å². The molecule has 15 heavy (non-hydrogen) atoms. The molecule has 0 saturated carbocycles.